The van der Waals surface area contributed by atoms with Gasteiger partial charge in [-0.2, -0.15) is 5.26 Å². The van der Waals surface area contributed by atoms with Crippen LogP contribution in [0.1, 0.15) is 32.6 Å². The van der Waals surface area contributed by atoms with Gasteiger partial charge in [0.25, 0.3) is 0 Å². The van der Waals surface area contributed by atoms with Crippen LogP contribution in [0.4, 0.5) is 11.5 Å². The Balaban J connectivity index is 2.02. The summed E-state index contributed by atoms with van der Waals surface area (Å²) in [4.78, 5) is 18.8. The maximum Gasteiger partial charge on any atom is 0.215 e. The lowest BCUT2D eigenvalue weighted by Crippen LogP contribution is -2.01. The Morgan fingerprint density at radius 3 is 2.57 bits per heavy atom. The fourth-order valence-electron chi connectivity index (χ4n) is 3.17. The van der Waals surface area contributed by atoms with Crippen LogP contribution >= 0.6 is 22.7 Å². The minimum Gasteiger partial charge on any atom is -0.397 e. The molecule has 3 heterocycles. The molecule has 0 saturated heterocycles. The first-order valence-corrected chi connectivity index (χ1v) is 10.3. The van der Waals surface area contributed by atoms with Crippen LogP contribution in [0.2, 0.25) is 0 Å². The molecule has 5 nitrogen and oxygen atoms in total. The highest BCUT2D eigenvalue weighted by Crippen LogP contribution is 2.43. The summed E-state index contributed by atoms with van der Waals surface area (Å²) < 4.78 is 0. The average Bonchev–Trinajstić information content (AvgIpc) is 3.35. The molecule has 3 aromatic heterocycles. The number of hydrogen-bond donors (Lipinski definition) is 2. The van der Waals surface area contributed by atoms with E-state index in [1.165, 1.54) is 28.2 Å². The van der Waals surface area contributed by atoms with Crippen molar-refractivity contribution in [1.29, 1.82) is 5.26 Å². The number of hydrogen-bond acceptors (Lipinski definition) is 7. The van der Waals surface area contributed by atoms with E-state index in [1.807, 2.05) is 35.7 Å². The van der Waals surface area contributed by atoms with Gasteiger partial charge in [0, 0.05) is 10.9 Å². The summed E-state index contributed by atoms with van der Waals surface area (Å²) in [6.07, 6.45) is 0.916. The van der Waals surface area contributed by atoms with Gasteiger partial charge >= 0.3 is 0 Å². The molecule has 0 amide bonds. The molecule has 4 N–H and O–H groups in total. The fourth-order valence-corrected chi connectivity index (χ4v) is 4.97. The zero-order chi connectivity index (χ0) is 19.8. The van der Waals surface area contributed by atoms with Crippen molar-refractivity contribution in [3.05, 3.63) is 62.7 Å². The first kappa shape index (κ1) is 18.2. The number of fused-ring (bicyclic) bond motifs is 1. The van der Waals surface area contributed by atoms with Gasteiger partial charge in [-0.3, -0.25) is 4.79 Å². The van der Waals surface area contributed by atoms with Crippen LogP contribution in [0.3, 0.4) is 0 Å². The van der Waals surface area contributed by atoms with Crippen molar-refractivity contribution in [3.63, 3.8) is 0 Å². The second-order valence-corrected chi connectivity index (χ2v) is 8.19. The number of ketones is 1. The molecule has 0 unspecified atom stereocenters. The lowest BCUT2D eigenvalue weighted by atomic mass is 9.96. The zero-order valence-electron chi connectivity index (χ0n) is 15.0. The maximum absolute atomic E-state index is 12.9. The molecule has 0 atom stereocenters. The first-order chi connectivity index (χ1) is 13.5. The number of carbonyl (C=O) groups excluding carboxylic acids is 1. The van der Waals surface area contributed by atoms with E-state index in [0.29, 0.717) is 31.2 Å². The number of rotatable bonds is 4. The van der Waals surface area contributed by atoms with E-state index in [2.05, 4.69) is 18.0 Å². The molecule has 28 heavy (non-hydrogen) atoms. The van der Waals surface area contributed by atoms with Gasteiger partial charge < -0.3 is 11.5 Å². The molecule has 1 aromatic carbocycles. The molecular weight excluding hydrogens is 388 g/mol. The fraction of sp³-hybridized carbons (Fsp3) is 0.0952. The Labute approximate surface area is 169 Å². The van der Waals surface area contributed by atoms with Crippen LogP contribution in [-0.2, 0) is 6.42 Å². The van der Waals surface area contributed by atoms with Crippen molar-refractivity contribution in [1.82, 2.24) is 4.98 Å². The van der Waals surface area contributed by atoms with Crippen molar-refractivity contribution in [2.45, 2.75) is 13.3 Å². The van der Waals surface area contributed by atoms with Gasteiger partial charge in [0.05, 0.1) is 10.6 Å². The minimum atomic E-state index is -0.139. The second-order valence-electron chi connectivity index (χ2n) is 6.24. The van der Waals surface area contributed by atoms with Gasteiger partial charge in [0.2, 0.25) is 5.78 Å². The van der Waals surface area contributed by atoms with Crippen molar-refractivity contribution in [2.24, 2.45) is 0 Å². The van der Waals surface area contributed by atoms with Gasteiger partial charge in [0.1, 0.15) is 27.2 Å². The zero-order valence-corrected chi connectivity index (χ0v) is 16.7. The Morgan fingerprint density at radius 1 is 1.21 bits per heavy atom. The monoisotopic (exact) mass is 404 g/mol. The number of anilines is 2. The molecule has 0 bridgehead atoms. The van der Waals surface area contributed by atoms with Crippen molar-refractivity contribution < 1.29 is 4.79 Å². The molecule has 0 aliphatic carbocycles. The number of aromatic nitrogens is 1. The van der Waals surface area contributed by atoms with E-state index in [1.54, 1.807) is 6.07 Å². The quantitative estimate of drug-likeness (QED) is 0.473. The summed E-state index contributed by atoms with van der Waals surface area (Å²) >= 11 is 2.58. The predicted molar refractivity (Wildman–Crippen MR) is 116 cm³/mol. The van der Waals surface area contributed by atoms with Crippen LogP contribution < -0.4 is 11.5 Å². The van der Waals surface area contributed by atoms with E-state index in [0.717, 1.165) is 12.0 Å². The molecular formula is C21H16N4OS2. The van der Waals surface area contributed by atoms with E-state index in [-0.39, 0.29) is 17.2 Å². The number of nitrogens with zero attached hydrogens (tertiary/aromatic N) is 2. The summed E-state index contributed by atoms with van der Waals surface area (Å²) in [7, 11) is 0. The average molecular weight is 405 g/mol. The predicted octanol–water partition coefficient (Wildman–Crippen LogP) is 4.85. The first-order valence-electron chi connectivity index (χ1n) is 8.64. The molecule has 0 fully saturated rings. The summed E-state index contributed by atoms with van der Waals surface area (Å²) in [6, 6.07) is 13.7. The van der Waals surface area contributed by atoms with Crippen LogP contribution in [0.15, 0.2) is 41.8 Å². The van der Waals surface area contributed by atoms with E-state index in [9.17, 15) is 10.1 Å². The number of carbonyl (C=O) groups is 1. The number of nitriles is 1. The van der Waals surface area contributed by atoms with Crippen LogP contribution in [0, 0.1) is 11.3 Å². The topological polar surface area (TPSA) is 106 Å². The summed E-state index contributed by atoms with van der Waals surface area (Å²) in [5, 5.41) is 12.2. The molecule has 0 aliphatic heterocycles. The standard InChI is InChI=1S/C21H16N4OS2/c1-2-11-5-7-12(8-6-11)15-13(10-22)20(24)25-21-16(15)17(23)19(28-21)18(26)14-4-3-9-27-14/h3-9H,2,23H2,1H3,(H2,24,25). The van der Waals surface area contributed by atoms with Crippen LogP contribution in [0.5, 0.6) is 0 Å². The number of nitrogens with two attached hydrogens (primary N) is 2. The van der Waals surface area contributed by atoms with Gasteiger partial charge in [-0.15, -0.1) is 22.7 Å². The molecule has 4 aromatic rings. The summed E-state index contributed by atoms with van der Waals surface area (Å²) in [6.45, 7) is 2.08. The summed E-state index contributed by atoms with van der Waals surface area (Å²) in [5.41, 5.74) is 15.8. The Bertz CT molecular complexity index is 1230. The highest BCUT2D eigenvalue weighted by atomic mass is 32.1. The van der Waals surface area contributed by atoms with E-state index < -0.39 is 0 Å². The highest BCUT2D eigenvalue weighted by Gasteiger charge is 2.25. The lowest BCUT2D eigenvalue weighted by Gasteiger charge is -2.10. The molecule has 0 spiro atoms. The van der Waals surface area contributed by atoms with Gasteiger partial charge in [-0.05, 0) is 29.0 Å². The maximum atomic E-state index is 12.9. The largest absolute Gasteiger partial charge is 0.397 e. The summed E-state index contributed by atoms with van der Waals surface area (Å²) in [5.74, 6) is 0.000741. The highest BCUT2D eigenvalue weighted by molar-refractivity contribution is 7.22. The SMILES string of the molecule is CCc1ccc(-c2c(C#N)c(N)nc3sc(C(=O)c4cccs4)c(N)c23)cc1. The number of aryl methyl sites for hydroxylation is 1. The third kappa shape index (κ3) is 2.83. The Hall–Kier alpha value is -3.21. The molecule has 0 saturated carbocycles. The van der Waals surface area contributed by atoms with E-state index in [4.69, 9.17) is 11.5 Å². The molecule has 0 radical (unpaired) electrons. The van der Waals surface area contributed by atoms with Crippen LogP contribution in [-0.4, -0.2) is 10.8 Å². The van der Waals surface area contributed by atoms with Crippen molar-refractivity contribution in [2.75, 3.05) is 11.5 Å². The van der Waals surface area contributed by atoms with Gasteiger partial charge in [0.15, 0.2) is 0 Å². The smallest absolute Gasteiger partial charge is 0.215 e. The molecule has 7 heteroatoms. The number of nitrogen functional groups attached to an aromatic ring is 2. The van der Waals surface area contributed by atoms with Gasteiger partial charge in [-0.25, -0.2) is 4.98 Å². The number of pyridine rings is 1. The third-order valence-electron chi connectivity index (χ3n) is 4.62. The van der Waals surface area contributed by atoms with E-state index >= 15 is 0 Å². The minimum absolute atomic E-state index is 0.139. The molecule has 138 valence electrons. The van der Waals surface area contributed by atoms with Crippen LogP contribution in [0.25, 0.3) is 21.3 Å². The van der Waals surface area contributed by atoms with Crippen molar-refractivity contribution in [3.8, 4) is 17.2 Å². The second kappa shape index (κ2) is 7.08. The number of benzene rings is 1. The Kier molecular flexibility index (Phi) is 4.59. The molecule has 0 aliphatic rings. The Morgan fingerprint density at radius 2 is 1.96 bits per heavy atom. The normalized spacial score (nSPS) is 10.9. The van der Waals surface area contributed by atoms with Crippen molar-refractivity contribution >= 4 is 50.2 Å². The van der Waals surface area contributed by atoms with Gasteiger partial charge in [-0.1, -0.05) is 37.3 Å². The molecule has 4 rings (SSSR count). The third-order valence-corrected chi connectivity index (χ3v) is 6.59. The number of thiophene rings is 2. The lowest BCUT2D eigenvalue weighted by molar-refractivity contribution is 0.104.